The number of carbonyl (C=O) groups is 1. The number of carbonyl (C=O) groups excluding carboxylic acids is 1. The summed E-state index contributed by atoms with van der Waals surface area (Å²) in [6.07, 6.45) is 0.804. The number of hydrogen-bond donors (Lipinski definition) is 2. The molecule has 0 bridgehead atoms. The normalized spacial score (nSPS) is 10.2. The fraction of sp³-hybridized carbons (Fsp3) is 0.250. The van der Waals surface area contributed by atoms with E-state index in [2.05, 4.69) is 10.3 Å². The van der Waals surface area contributed by atoms with Gasteiger partial charge >= 0.3 is 5.97 Å². The molecule has 5 nitrogen and oxygen atoms in total. The Bertz CT molecular complexity index is 641. The Labute approximate surface area is 124 Å². The summed E-state index contributed by atoms with van der Waals surface area (Å²) in [6, 6.07) is 10.7. The van der Waals surface area contributed by atoms with Crippen LogP contribution >= 0.6 is 0 Å². The average Bonchev–Trinajstić information content (AvgIpc) is 2.49. The molecule has 0 aliphatic rings. The van der Waals surface area contributed by atoms with Crippen molar-refractivity contribution in [3.63, 3.8) is 0 Å². The fourth-order valence-electron chi connectivity index (χ4n) is 1.79. The quantitative estimate of drug-likeness (QED) is 0.824. The Morgan fingerprint density at radius 2 is 2.14 bits per heavy atom. The number of nitrogens with one attached hydrogen (secondary N) is 1. The van der Waals surface area contributed by atoms with E-state index in [1.165, 1.54) is 0 Å². The largest absolute Gasteiger partial charge is 0.462 e. The molecule has 0 aliphatic heterocycles. The fourth-order valence-corrected chi connectivity index (χ4v) is 1.79. The van der Waals surface area contributed by atoms with Crippen molar-refractivity contribution < 1.29 is 9.53 Å². The molecule has 0 atom stereocenters. The lowest BCUT2D eigenvalue weighted by Crippen LogP contribution is -2.06. The number of esters is 1. The third-order valence-corrected chi connectivity index (χ3v) is 2.93. The van der Waals surface area contributed by atoms with E-state index in [0.29, 0.717) is 23.7 Å². The van der Waals surface area contributed by atoms with Gasteiger partial charge in [0.25, 0.3) is 0 Å². The van der Waals surface area contributed by atoms with Crippen LogP contribution in [-0.2, 0) is 4.74 Å². The summed E-state index contributed by atoms with van der Waals surface area (Å²) >= 11 is 0. The number of ether oxygens (including phenoxy) is 1. The van der Waals surface area contributed by atoms with Gasteiger partial charge in [-0.3, -0.25) is 0 Å². The van der Waals surface area contributed by atoms with Gasteiger partial charge in [-0.2, -0.15) is 0 Å². The highest BCUT2D eigenvalue weighted by atomic mass is 16.5. The molecule has 2 aromatic rings. The van der Waals surface area contributed by atoms with E-state index in [4.69, 9.17) is 10.5 Å². The summed E-state index contributed by atoms with van der Waals surface area (Å²) in [5.74, 6) is 0.364. The van der Waals surface area contributed by atoms with Gasteiger partial charge < -0.3 is 15.8 Å². The molecule has 0 fully saturated rings. The molecule has 0 radical (unpaired) electrons. The van der Waals surface area contributed by atoms with Crippen LogP contribution in [0.4, 0.5) is 17.2 Å². The third kappa shape index (κ3) is 3.95. The topological polar surface area (TPSA) is 77.2 Å². The highest BCUT2D eigenvalue weighted by Crippen LogP contribution is 2.19. The van der Waals surface area contributed by atoms with Gasteiger partial charge in [-0.15, -0.1) is 0 Å². The molecular weight excluding hydrogens is 266 g/mol. The van der Waals surface area contributed by atoms with Crippen LogP contribution in [-0.4, -0.2) is 17.6 Å². The highest BCUT2D eigenvalue weighted by molar-refractivity contribution is 5.90. The van der Waals surface area contributed by atoms with Gasteiger partial charge in [0.1, 0.15) is 5.82 Å². The van der Waals surface area contributed by atoms with Crippen molar-refractivity contribution in [2.24, 2.45) is 0 Å². The molecule has 110 valence electrons. The Hall–Kier alpha value is -2.56. The highest BCUT2D eigenvalue weighted by Gasteiger charge is 2.07. The van der Waals surface area contributed by atoms with Gasteiger partial charge in [-0.25, -0.2) is 9.78 Å². The maximum Gasteiger partial charge on any atom is 0.338 e. The molecule has 5 heteroatoms. The number of pyridine rings is 1. The Morgan fingerprint density at radius 1 is 1.33 bits per heavy atom. The summed E-state index contributed by atoms with van der Waals surface area (Å²) in [7, 11) is 0. The van der Waals surface area contributed by atoms with E-state index in [-0.39, 0.29) is 5.97 Å². The SMILES string of the molecule is CCCOC(=O)c1cccc(Nc2ccc(N)c(C)n2)c1. The minimum atomic E-state index is -0.318. The van der Waals surface area contributed by atoms with Crippen LogP contribution in [0.25, 0.3) is 0 Å². The third-order valence-electron chi connectivity index (χ3n) is 2.93. The number of anilines is 3. The van der Waals surface area contributed by atoms with Crippen molar-refractivity contribution in [3.05, 3.63) is 47.7 Å². The molecule has 3 N–H and O–H groups in total. The number of nitrogen functional groups attached to an aromatic ring is 1. The number of rotatable bonds is 5. The van der Waals surface area contributed by atoms with Gasteiger partial charge in [0.05, 0.1) is 23.6 Å². The maximum atomic E-state index is 11.8. The van der Waals surface area contributed by atoms with Crippen molar-refractivity contribution >= 4 is 23.2 Å². The van der Waals surface area contributed by atoms with Gasteiger partial charge in [0.15, 0.2) is 0 Å². The molecule has 1 aromatic carbocycles. The molecule has 1 heterocycles. The molecule has 0 amide bonds. The molecule has 0 unspecified atom stereocenters. The van der Waals surface area contributed by atoms with Gasteiger partial charge in [-0.1, -0.05) is 13.0 Å². The van der Waals surface area contributed by atoms with Gasteiger partial charge in [0.2, 0.25) is 0 Å². The van der Waals surface area contributed by atoms with Crippen LogP contribution in [0.15, 0.2) is 36.4 Å². The molecule has 0 saturated carbocycles. The molecule has 0 aliphatic carbocycles. The summed E-state index contributed by atoms with van der Waals surface area (Å²) in [6.45, 7) is 4.23. The van der Waals surface area contributed by atoms with Crippen LogP contribution in [0, 0.1) is 6.92 Å². The first kappa shape index (κ1) is 14.8. The predicted octanol–water partition coefficient (Wildman–Crippen LogP) is 3.28. The van der Waals surface area contributed by atoms with E-state index in [1.54, 1.807) is 30.3 Å². The second-order valence-corrected chi connectivity index (χ2v) is 4.71. The molecule has 21 heavy (non-hydrogen) atoms. The predicted molar refractivity (Wildman–Crippen MR) is 83.7 cm³/mol. The van der Waals surface area contributed by atoms with Crippen LogP contribution in [0.3, 0.4) is 0 Å². The number of benzene rings is 1. The first-order valence-electron chi connectivity index (χ1n) is 6.87. The first-order valence-corrected chi connectivity index (χ1v) is 6.87. The number of nitrogens with two attached hydrogens (primary N) is 1. The monoisotopic (exact) mass is 285 g/mol. The Morgan fingerprint density at radius 3 is 2.86 bits per heavy atom. The average molecular weight is 285 g/mol. The van der Waals surface area contributed by atoms with Crippen molar-refractivity contribution in [1.82, 2.24) is 4.98 Å². The van der Waals surface area contributed by atoms with E-state index >= 15 is 0 Å². The zero-order valence-corrected chi connectivity index (χ0v) is 12.2. The molecule has 2 rings (SSSR count). The number of aromatic nitrogens is 1. The number of hydrogen-bond acceptors (Lipinski definition) is 5. The minimum Gasteiger partial charge on any atom is -0.462 e. The van der Waals surface area contributed by atoms with Crippen LogP contribution in [0.5, 0.6) is 0 Å². The van der Waals surface area contributed by atoms with Crippen LogP contribution < -0.4 is 11.1 Å². The van der Waals surface area contributed by atoms with E-state index in [9.17, 15) is 4.79 Å². The number of aryl methyl sites for hydroxylation is 1. The molecule has 1 aromatic heterocycles. The van der Waals surface area contributed by atoms with E-state index in [0.717, 1.165) is 17.8 Å². The van der Waals surface area contributed by atoms with Crippen molar-refractivity contribution in [3.8, 4) is 0 Å². The molecule has 0 saturated heterocycles. The maximum absolute atomic E-state index is 11.8. The molecule has 0 spiro atoms. The van der Waals surface area contributed by atoms with E-state index in [1.807, 2.05) is 19.9 Å². The zero-order valence-electron chi connectivity index (χ0n) is 12.2. The standard InChI is InChI=1S/C16H19N3O2/c1-3-9-21-16(20)12-5-4-6-13(10-12)19-15-8-7-14(17)11(2)18-15/h4-8,10H,3,9,17H2,1-2H3,(H,18,19). The second-order valence-electron chi connectivity index (χ2n) is 4.71. The lowest BCUT2D eigenvalue weighted by Gasteiger charge is -2.09. The van der Waals surface area contributed by atoms with Crippen LogP contribution in [0.2, 0.25) is 0 Å². The van der Waals surface area contributed by atoms with Gasteiger partial charge in [-0.05, 0) is 43.7 Å². The minimum absolute atomic E-state index is 0.318. The first-order chi connectivity index (χ1) is 10.1. The smallest absolute Gasteiger partial charge is 0.338 e. The van der Waals surface area contributed by atoms with Crippen molar-refractivity contribution in [1.29, 1.82) is 0 Å². The van der Waals surface area contributed by atoms with Gasteiger partial charge in [0, 0.05) is 5.69 Å². The Balaban J connectivity index is 2.13. The summed E-state index contributed by atoms with van der Waals surface area (Å²) in [5.41, 5.74) is 8.44. The lowest BCUT2D eigenvalue weighted by atomic mass is 10.2. The van der Waals surface area contributed by atoms with Crippen molar-refractivity contribution in [2.75, 3.05) is 17.7 Å². The Kier molecular flexibility index (Phi) is 4.77. The molecular formula is C16H19N3O2. The second kappa shape index (κ2) is 6.74. The zero-order chi connectivity index (χ0) is 15.2. The van der Waals surface area contributed by atoms with E-state index < -0.39 is 0 Å². The summed E-state index contributed by atoms with van der Waals surface area (Å²) in [5, 5.41) is 3.15. The van der Waals surface area contributed by atoms with Crippen molar-refractivity contribution in [2.45, 2.75) is 20.3 Å². The van der Waals surface area contributed by atoms with Crippen LogP contribution in [0.1, 0.15) is 29.4 Å². The number of nitrogens with zero attached hydrogens (tertiary/aromatic N) is 1. The summed E-state index contributed by atoms with van der Waals surface area (Å²) < 4.78 is 5.12. The lowest BCUT2D eigenvalue weighted by molar-refractivity contribution is 0.0505. The summed E-state index contributed by atoms with van der Waals surface area (Å²) in [4.78, 5) is 16.2.